The standard InChI is InChI=1S/C16H32N2O/c1-5-13-7-9-14(10-8-13)11-17-12-15(19)18-16(3,4)6-2/h13-14,17H,5-12H2,1-4H3,(H,18,19). The van der Waals surface area contributed by atoms with Gasteiger partial charge in [0, 0.05) is 5.54 Å². The fraction of sp³-hybridized carbons (Fsp3) is 0.938. The first kappa shape index (κ1) is 16.5. The van der Waals surface area contributed by atoms with Crippen molar-refractivity contribution in [3.8, 4) is 0 Å². The highest BCUT2D eigenvalue weighted by molar-refractivity contribution is 5.78. The predicted molar refractivity (Wildman–Crippen MR) is 81.1 cm³/mol. The third kappa shape index (κ3) is 6.42. The summed E-state index contributed by atoms with van der Waals surface area (Å²) in [6.07, 6.45) is 7.69. The molecule has 0 spiro atoms. The topological polar surface area (TPSA) is 41.1 Å². The maximum atomic E-state index is 11.8. The van der Waals surface area contributed by atoms with E-state index in [1.165, 1.54) is 32.1 Å². The van der Waals surface area contributed by atoms with Gasteiger partial charge in [-0.05, 0) is 51.5 Å². The van der Waals surface area contributed by atoms with E-state index in [0.29, 0.717) is 6.54 Å². The number of hydrogen-bond donors (Lipinski definition) is 2. The third-order valence-electron chi connectivity index (χ3n) is 4.62. The summed E-state index contributed by atoms with van der Waals surface area (Å²) in [5.74, 6) is 1.84. The van der Waals surface area contributed by atoms with Gasteiger partial charge in [-0.3, -0.25) is 4.79 Å². The van der Waals surface area contributed by atoms with Crippen molar-refractivity contribution in [2.24, 2.45) is 11.8 Å². The molecule has 0 unspecified atom stereocenters. The molecule has 1 amide bonds. The maximum absolute atomic E-state index is 11.8. The van der Waals surface area contributed by atoms with Gasteiger partial charge in [0.1, 0.15) is 0 Å². The first-order valence-corrected chi connectivity index (χ1v) is 7.98. The highest BCUT2D eigenvalue weighted by atomic mass is 16.2. The molecule has 0 heterocycles. The van der Waals surface area contributed by atoms with Crippen LogP contribution in [0.25, 0.3) is 0 Å². The summed E-state index contributed by atoms with van der Waals surface area (Å²) in [6, 6.07) is 0. The predicted octanol–water partition coefficient (Wildman–Crippen LogP) is 3.10. The van der Waals surface area contributed by atoms with Gasteiger partial charge in [-0.2, -0.15) is 0 Å². The molecule has 0 bridgehead atoms. The fourth-order valence-corrected chi connectivity index (χ4v) is 2.74. The number of carbonyl (C=O) groups is 1. The molecular formula is C16H32N2O. The van der Waals surface area contributed by atoms with Gasteiger partial charge in [-0.25, -0.2) is 0 Å². The summed E-state index contributed by atoms with van der Waals surface area (Å²) < 4.78 is 0. The molecule has 0 aliphatic heterocycles. The van der Waals surface area contributed by atoms with Crippen LogP contribution in [0.15, 0.2) is 0 Å². The summed E-state index contributed by atoms with van der Waals surface area (Å²) in [4.78, 5) is 11.8. The SMILES string of the molecule is CCC1CCC(CNCC(=O)NC(C)(C)CC)CC1. The van der Waals surface area contributed by atoms with E-state index in [9.17, 15) is 4.79 Å². The minimum absolute atomic E-state index is 0.0854. The number of rotatable bonds is 7. The molecular weight excluding hydrogens is 236 g/mol. The van der Waals surface area contributed by atoms with Crippen LogP contribution in [0, 0.1) is 11.8 Å². The largest absolute Gasteiger partial charge is 0.350 e. The Bertz CT molecular complexity index is 268. The summed E-state index contributed by atoms with van der Waals surface area (Å²) in [5.41, 5.74) is -0.0854. The maximum Gasteiger partial charge on any atom is 0.234 e. The van der Waals surface area contributed by atoms with Crippen LogP contribution in [0.3, 0.4) is 0 Å². The van der Waals surface area contributed by atoms with Crippen molar-refractivity contribution in [3.63, 3.8) is 0 Å². The molecule has 1 aliphatic carbocycles. The van der Waals surface area contributed by atoms with Gasteiger partial charge in [0.25, 0.3) is 0 Å². The molecule has 19 heavy (non-hydrogen) atoms. The lowest BCUT2D eigenvalue weighted by Gasteiger charge is -2.28. The lowest BCUT2D eigenvalue weighted by atomic mass is 9.81. The summed E-state index contributed by atoms with van der Waals surface area (Å²) in [6.45, 7) is 9.98. The van der Waals surface area contributed by atoms with Crippen LogP contribution in [0.4, 0.5) is 0 Å². The van der Waals surface area contributed by atoms with Gasteiger partial charge < -0.3 is 10.6 Å². The second-order valence-corrected chi connectivity index (χ2v) is 6.71. The van der Waals surface area contributed by atoms with Gasteiger partial charge in [0.05, 0.1) is 6.54 Å². The second-order valence-electron chi connectivity index (χ2n) is 6.71. The Morgan fingerprint density at radius 3 is 2.21 bits per heavy atom. The minimum Gasteiger partial charge on any atom is -0.350 e. The van der Waals surface area contributed by atoms with E-state index in [1.807, 2.05) is 0 Å². The van der Waals surface area contributed by atoms with Crippen molar-refractivity contribution in [3.05, 3.63) is 0 Å². The second kappa shape index (κ2) is 7.88. The number of amides is 1. The van der Waals surface area contributed by atoms with Gasteiger partial charge in [-0.15, -0.1) is 0 Å². The van der Waals surface area contributed by atoms with E-state index in [-0.39, 0.29) is 11.4 Å². The van der Waals surface area contributed by atoms with Crippen molar-refractivity contribution in [2.45, 2.75) is 71.8 Å². The van der Waals surface area contributed by atoms with E-state index in [1.54, 1.807) is 0 Å². The van der Waals surface area contributed by atoms with Crippen LogP contribution in [-0.2, 0) is 4.79 Å². The van der Waals surface area contributed by atoms with Crippen LogP contribution < -0.4 is 10.6 Å². The summed E-state index contributed by atoms with van der Waals surface area (Å²) in [7, 11) is 0. The molecule has 0 aromatic carbocycles. The van der Waals surface area contributed by atoms with E-state index in [0.717, 1.165) is 24.8 Å². The lowest BCUT2D eigenvalue weighted by Crippen LogP contribution is -2.47. The zero-order valence-electron chi connectivity index (χ0n) is 13.2. The number of hydrogen-bond acceptors (Lipinski definition) is 2. The average molecular weight is 268 g/mol. The summed E-state index contributed by atoms with van der Waals surface area (Å²) >= 11 is 0. The monoisotopic (exact) mass is 268 g/mol. The molecule has 112 valence electrons. The Morgan fingerprint density at radius 1 is 1.11 bits per heavy atom. The van der Waals surface area contributed by atoms with Crippen molar-refractivity contribution < 1.29 is 4.79 Å². The molecule has 1 fully saturated rings. The van der Waals surface area contributed by atoms with Crippen molar-refractivity contribution >= 4 is 5.91 Å². The Kier molecular flexibility index (Phi) is 6.84. The molecule has 1 rings (SSSR count). The van der Waals surface area contributed by atoms with Crippen LogP contribution in [0.1, 0.15) is 66.2 Å². The van der Waals surface area contributed by atoms with Crippen LogP contribution in [0.2, 0.25) is 0 Å². The van der Waals surface area contributed by atoms with Crippen LogP contribution in [0.5, 0.6) is 0 Å². The molecule has 3 nitrogen and oxygen atoms in total. The lowest BCUT2D eigenvalue weighted by molar-refractivity contribution is -0.121. The van der Waals surface area contributed by atoms with Gasteiger partial charge in [0.2, 0.25) is 5.91 Å². The molecule has 3 heteroatoms. The van der Waals surface area contributed by atoms with Crippen LogP contribution in [-0.4, -0.2) is 24.5 Å². The third-order valence-corrected chi connectivity index (χ3v) is 4.62. The van der Waals surface area contributed by atoms with Crippen LogP contribution >= 0.6 is 0 Å². The molecule has 1 aliphatic rings. The molecule has 0 aromatic rings. The zero-order valence-corrected chi connectivity index (χ0v) is 13.2. The molecule has 0 saturated heterocycles. The average Bonchev–Trinajstić information content (AvgIpc) is 2.39. The van der Waals surface area contributed by atoms with Gasteiger partial charge in [-0.1, -0.05) is 33.1 Å². The Balaban J connectivity index is 2.12. The van der Waals surface area contributed by atoms with Crippen molar-refractivity contribution in [1.82, 2.24) is 10.6 Å². The summed E-state index contributed by atoms with van der Waals surface area (Å²) in [5, 5.41) is 6.38. The van der Waals surface area contributed by atoms with E-state index < -0.39 is 0 Å². The van der Waals surface area contributed by atoms with E-state index in [4.69, 9.17) is 0 Å². The molecule has 1 saturated carbocycles. The smallest absolute Gasteiger partial charge is 0.234 e. The minimum atomic E-state index is -0.0854. The Morgan fingerprint density at radius 2 is 1.68 bits per heavy atom. The zero-order chi connectivity index (χ0) is 14.3. The Labute approximate surface area is 118 Å². The number of carbonyl (C=O) groups excluding carboxylic acids is 1. The highest BCUT2D eigenvalue weighted by Gasteiger charge is 2.20. The number of nitrogens with one attached hydrogen (secondary N) is 2. The van der Waals surface area contributed by atoms with Gasteiger partial charge >= 0.3 is 0 Å². The quantitative estimate of drug-likeness (QED) is 0.745. The van der Waals surface area contributed by atoms with Crippen molar-refractivity contribution in [2.75, 3.05) is 13.1 Å². The van der Waals surface area contributed by atoms with Gasteiger partial charge in [0.15, 0.2) is 0 Å². The first-order valence-electron chi connectivity index (χ1n) is 7.98. The fourth-order valence-electron chi connectivity index (χ4n) is 2.74. The normalized spacial score (nSPS) is 24.2. The molecule has 0 atom stereocenters. The molecule has 0 aromatic heterocycles. The molecule has 2 N–H and O–H groups in total. The molecule has 0 radical (unpaired) electrons. The highest BCUT2D eigenvalue weighted by Crippen LogP contribution is 2.29. The Hall–Kier alpha value is -0.570. The van der Waals surface area contributed by atoms with E-state index in [2.05, 4.69) is 38.3 Å². The first-order chi connectivity index (χ1) is 8.96. The van der Waals surface area contributed by atoms with Crippen molar-refractivity contribution in [1.29, 1.82) is 0 Å². The van der Waals surface area contributed by atoms with E-state index >= 15 is 0 Å².